The average Bonchev–Trinajstić information content (AvgIpc) is 2.79. The van der Waals surface area contributed by atoms with E-state index >= 15 is 0 Å². The second kappa shape index (κ2) is 8.14. The van der Waals surface area contributed by atoms with Crippen LogP contribution in [0, 0.1) is 0 Å². The first kappa shape index (κ1) is 18.7. The summed E-state index contributed by atoms with van der Waals surface area (Å²) in [5.41, 5.74) is 7.57. The van der Waals surface area contributed by atoms with Crippen LogP contribution in [0.4, 0.5) is 0 Å². The minimum Gasteiger partial charge on any atom is -0.344 e. The van der Waals surface area contributed by atoms with E-state index in [9.17, 15) is 0 Å². The maximum Gasteiger partial charge on any atom is -0.00990 e. The maximum absolute atomic E-state index is 2.24. The van der Waals surface area contributed by atoms with Crippen molar-refractivity contribution in [2.24, 2.45) is 0 Å². The number of benzene rings is 5. The molecule has 0 bridgehead atoms. The van der Waals surface area contributed by atoms with E-state index < -0.39 is 0 Å². The van der Waals surface area contributed by atoms with E-state index in [-0.39, 0.29) is 6.15 Å². The third-order valence-corrected chi connectivity index (χ3v) is 5.31. The number of rotatable bonds is 3. The van der Waals surface area contributed by atoms with Gasteiger partial charge in [-0.15, -0.1) is 0 Å². The first-order valence-electron chi connectivity index (χ1n) is 9.64. The Morgan fingerprint density at radius 1 is 0.310 bits per heavy atom. The van der Waals surface area contributed by atoms with Crippen LogP contribution in [0.1, 0.15) is 0 Å². The van der Waals surface area contributed by atoms with Crippen molar-refractivity contribution in [3.8, 4) is 33.4 Å². The van der Waals surface area contributed by atoms with E-state index in [1.165, 1.54) is 44.2 Å². The van der Waals surface area contributed by atoms with Gasteiger partial charge in [-0.1, -0.05) is 121 Å². The molecule has 5 aromatic carbocycles. The normalized spacial score (nSPS) is 10.5. The molecule has 0 aliphatic heterocycles. The highest BCUT2D eigenvalue weighted by Crippen LogP contribution is 2.39. The van der Waals surface area contributed by atoms with Crippen LogP contribution >= 0.6 is 0 Å². The van der Waals surface area contributed by atoms with Gasteiger partial charge in [0.2, 0.25) is 0 Å². The first-order valence-corrected chi connectivity index (χ1v) is 9.64. The third kappa shape index (κ3) is 3.44. The largest absolute Gasteiger partial charge is 0.344 e. The monoisotopic (exact) mass is 373 g/mol. The molecular formula is C28H23N. The summed E-state index contributed by atoms with van der Waals surface area (Å²) < 4.78 is 0. The van der Waals surface area contributed by atoms with Crippen LogP contribution in [-0.2, 0) is 0 Å². The topological polar surface area (TPSA) is 35.0 Å². The quantitative estimate of drug-likeness (QED) is 0.341. The fraction of sp³-hybridized carbons (Fsp3) is 0. The van der Waals surface area contributed by atoms with Gasteiger partial charge in [0.1, 0.15) is 0 Å². The van der Waals surface area contributed by atoms with Gasteiger partial charge in [-0.25, -0.2) is 0 Å². The molecule has 0 saturated carbocycles. The van der Waals surface area contributed by atoms with Crippen molar-refractivity contribution >= 4 is 10.8 Å². The van der Waals surface area contributed by atoms with E-state index in [2.05, 4.69) is 121 Å². The van der Waals surface area contributed by atoms with Gasteiger partial charge in [-0.05, 0) is 44.2 Å². The Balaban J connectivity index is 0.00000205. The van der Waals surface area contributed by atoms with E-state index in [1.807, 2.05) is 0 Å². The Morgan fingerprint density at radius 3 is 1.48 bits per heavy atom. The van der Waals surface area contributed by atoms with Gasteiger partial charge in [0.15, 0.2) is 0 Å². The van der Waals surface area contributed by atoms with Gasteiger partial charge in [0.25, 0.3) is 0 Å². The zero-order chi connectivity index (χ0) is 18.8. The minimum absolute atomic E-state index is 0. The molecule has 0 aliphatic carbocycles. The molecule has 1 heteroatoms. The van der Waals surface area contributed by atoms with Crippen molar-refractivity contribution in [3.63, 3.8) is 0 Å². The number of fused-ring (bicyclic) bond motifs is 1. The van der Waals surface area contributed by atoms with Gasteiger partial charge in [-0.3, -0.25) is 0 Å². The van der Waals surface area contributed by atoms with Crippen molar-refractivity contribution in [2.75, 3.05) is 0 Å². The Morgan fingerprint density at radius 2 is 0.759 bits per heavy atom. The van der Waals surface area contributed by atoms with Gasteiger partial charge < -0.3 is 6.15 Å². The summed E-state index contributed by atoms with van der Waals surface area (Å²) >= 11 is 0. The van der Waals surface area contributed by atoms with Crippen molar-refractivity contribution in [1.82, 2.24) is 6.15 Å². The molecule has 0 atom stereocenters. The zero-order valence-corrected chi connectivity index (χ0v) is 16.3. The molecule has 0 fully saturated rings. The molecule has 0 amide bonds. The standard InChI is InChI=1S/C28H20.H3N/c1-2-11-21(12-3-1)23-16-6-7-17-25(23)27-18-8-9-19-28(27)26-20-10-14-22-13-4-5-15-24(22)26;/h1-20H;1H3. The highest BCUT2D eigenvalue weighted by atomic mass is 14.2. The van der Waals surface area contributed by atoms with Gasteiger partial charge in [-0.2, -0.15) is 0 Å². The lowest BCUT2D eigenvalue weighted by Crippen LogP contribution is -1.89. The van der Waals surface area contributed by atoms with Crippen LogP contribution in [0.5, 0.6) is 0 Å². The van der Waals surface area contributed by atoms with Crippen molar-refractivity contribution in [3.05, 3.63) is 121 Å². The first-order chi connectivity index (χ1) is 13.9. The molecule has 0 spiro atoms. The summed E-state index contributed by atoms with van der Waals surface area (Å²) in [5.74, 6) is 0. The summed E-state index contributed by atoms with van der Waals surface area (Å²) in [5, 5.41) is 2.56. The molecule has 3 N–H and O–H groups in total. The summed E-state index contributed by atoms with van der Waals surface area (Å²) in [6.07, 6.45) is 0. The van der Waals surface area contributed by atoms with Gasteiger partial charge >= 0.3 is 0 Å². The molecule has 0 saturated heterocycles. The second-order valence-electron chi connectivity index (χ2n) is 6.98. The molecule has 0 heterocycles. The maximum atomic E-state index is 2.24. The average molecular weight is 373 g/mol. The predicted molar refractivity (Wildman–Crippen MR) is 125 cm³/mol. The lowest BCUT2D eigenvalue weighted by molar-refractivity contribution is 1.57. The molecule has 5 aromatic rings. The molecule has 29 heavy (non-hydrogen) atoms. The molecule has 0 aromatic heterocycles. The predicted octanol–water partition coefficient (Wildman–Crippen LogP) is 8.00. The van der Waals surface area contributed by atoms with E-state index in [1.54, 1.807) is 0 Å². The van der Waals surface area contributed by atoms with Crippen LogP contribution in [0.25, 0.3) is 44.2 Å². The summed E-state index contributed by atoms with van der Waals surface area (Å²) in [6, 6.07) is 43.2. The van der Waals surface area contributed by atoms with Gasteiger partial charge in [0.05, 0.1) is 0 Å². The Kier molecular flexibility index (Phi) is 5.24. The highest BCUT2D eigenvalue weighted by Gasteiger charge is 2.13. The molecule has 1 nitrogen and oxygen atoms in total. The van der Waals surface area contributed by atoms with E-state index in [0.29, 0.717) is 0 Å². The fourth-order valence-electron chi connectivity index (χ4n) is 4.00. The Hall–Kier alpha value is -3.68. The van der Waals surface area contributed by atoms with Crippen molar-refractivity contribution < 1.29 is 0 Å². The molecule has 5 rings (SSSR count). The Labute approximate surface area is 171 Å². The molecule has 140 valence electrons. The van der Waals surface area contributed by atoms with Crippen LogP contribution < -0.4 is 6.15 Å². The van der Waals surface area contributed by atoms with Crippen LogP contribution in [0.15, 0.2) is 121 Å². The summed E-state index contributed by atoms with van der Waals surface area (Å²) in [4.78, 5) is 0. The lowest BCUT2D eigenvalue weighted by atomic mass is 9.88. The number of hydrogen-bond acceptors (Lipinski definition) is 1. The number of hydrogen-bond donors (Lipinski definition) is 1. The fourth-order valence-corrected chi connectivity index (χ4v) is 4.00. The van der Waals surface area contributed by atoms with Crippen LogP contribution in [-0.4, -0.2) is 0 Å². The molecule has 0 radical (unpaired) electrons. The second-order valence-corrected chi connectivity index (χ2v) is 6.98. The summed E-state index contributed by atoms with van der Waals surface area (Å²) in [7, 11) is 0. The molecule has 0 aliphatic rings. The van der Waals surface area contributed by atoms with Crippen molar-refractivity contribution in [1.29, 1.82) is 0 Å². The van der Waals surface area contributed by atoms with E-state index in [4.69, 9.17) is 0 Å². The zero-order valence-electron chi connectivity index (χ0n) is 16.3. The van der Waals surface area contributed by atoms with Crippen LogP contribution in [0.3, 0.4) is 0 Å². The van der Waals surface area contributed by atoms with Gasteiger partial charge in [0, 0.05) is 0 Å². The highest BCUT2D eigenvalue weighted by molar-refractivity contribution is 6.01. The molecule has 0 unspecified atom stereocenters. The summed E-state index contributed by atoms with van der Waals surface area (Å²) in [6.45, 7) is 0. The molecular weight excluding hydrogens is 350 g/mol. The lowest BCUT2D eigenvalue weighted by Gasteiger charge is -2.16. The third-order valence-electron chi connectivity index (χ3n) is 5.31. The minimum atomic E-state index is 0. The Bertz CT molecular complexity index is 1250. The van der Waals surface area contributed by atoms with Crippen molar-refractivity contribution in [2.45, 2.75) is 0 Å². The van der Waals surface area contributed by atoms with E-state index in [0.717, 1.165) is 0 Å². The SMILES string of the molecule is N.c1ccc(-c2ccccc2-c2ccccc2-c2cccc3ccccc23)cc1. The van der Waals surface area contributed by atoms with Crippen LogP contribution in [0.2, 0.25) is 0 Å². The smallest absolute Gasteiger partial charge is 0.00990 e.